The van der Waals surface area contributed by atoms with Gasteiger partial charge < -0.3 is 43.7 Å². The van der Waals surface area contributed by atoms with Crippen molar-refractivity contribution >= 4 is 17.6 Å². The number of para-hydroxylation sites is 1. The molecule has 0 saturated carbocycles. The fraction of sp³-hybridized carbons (Fsp3) is 0.243. The molecule has 2 unspecified atom stereocenters. The first-order valence-corrected chi connectivity index (χ1v) is 15.0. The third kappa shape index (κ3) is 5.68. The van der Waals surface area contributed by atoms with E-state index in [-0.39, 0.29) is 46.3 Å². The highest BCUT2D eigenvalue weighted by molar-refractivity contribution is 6.12. The van der Waals surface area contributed by atoms with Crippen LogP contribution in [0, 0.1) is 0 Å². The third-order valence-corrected chi connectivity index (χ3v) is 8.31. The molecule has 3 N–H and O–H groups in total. The largest absolute Gasteiger partial charge is 0.507 e. The standard InChI is InChI=1S/C23H22O7.C14H12O4/c1-23(2)6-5-11-15(30-23)8-13(24)20-21(25)19-12-7-16(26-3)17(27-4)9-14(12)28-10-18(19)29-22(11)20;1-18-9-6-7-11(13(16)8-9)14(17)10-4-2-3-5-12(10)15/h5-9,18-19,24H,10H2,1-4H3;2-8,15-16H,1H3. The lowest BCUT2D eigenvalue weighted by atomic mass is 9.80. The van der Waals surface area contributed by atoms with Crippen LogP contribution >= 0.6 is 0 Å². The number of carbonyl (C=O) groups is 2. The van der Waals surface area contributed by atoms with E-state index in [4.69, 9.17) is 28.4 Å². The first kappa shape index (κ1) is 32.1. The van der Waals surface area contributed by atoms with Crippen molar-refractivity contribution in [3.05, 3.63) is 94.6 Å². The van der Waals surface area contributed by atoms with Crippen LogP contribution in [0.4, 0.5) is 0 Å². The Morgan fingerprint density at radius 1 is 0.833 bits per heavy atom. The number of hydrogen-bond acceptors (Lipinski definition) is 11. The predicted octanol–water partition coefficient (Wildman–Crippen LogP) is 6.05. The van der Waals surface area contributed by atoms with Gasteiger partial charge >= 0.3 is 0 Å². The number of fused-ring (bicyclic) bond motifs is 6. The molecular weight excluding hydrogens is 620 g/mol. The van der Waals surface area contributed by atoms with Gasteiger partial charge in [-0.25, -0.2) is 0 Å². The molecule has 7 rings (SSSR count). The number of benzene rings is 4. The number of phenolic OH excluding ortho intramolecular Hbond substituents is 3. The van der Waals surface area contributed by atoms with Crippen molar-refractivity contribution in [2.24, 2.45) is 0 Å². The average Bonchev–Trinajstić information content (AvgIpc) is 3.06. The van der Waals surface area contributed by atoms with E-state index in [1.807, 2.05) is 26.0 Å². The molecule has 3 aliphatic rings. The quantitative estimate of drug-likeness (QED) is 0.216. The Kier molecular flexibility index (Phi) is 8.30. The Hall–Kier alpha value is -5.84. The zero-order valence-corrected chi connectivity index (χ0v) is 26.9. The van der Waals surface area contributed by atoms with Crippen molar-refractivity contribution in [1.29, 1.82) is 0 Å². The zero-order chi connectivity index (χ0) is 34.3. The van der Waals surface area contributed by atoms with Crippen LogP contribution in [-0.4, -0.2) is 66.5 Å². The summed E-state index contributed by atoms with van der Waals surface area (Å²) in [7, 11) is 4.55. The summed E-state index contributed by atoms with van der Waals surface area (Å²) in [5.41, 5.74) is 1.20. The smallest absolute Gasteiger partial charge is 0.200 e. The molecule has 2 atom stereocenters. The van der Waals surface area contributed by atoms with Crippen molar-refractivity contribution in [3.63, 3.8) is 0 Å². The maximum absolute atomic E-state index is 13.6. The second kappa shape index (κ2) is 12.4. The Morgan fingerprint density at radius 2 is 1.54 bits per heavy atom. The van der Waals surface area contributed by atoms with Crippen LogP contribution in [-0.2, 0) is 0 Å². The molecule has 4 aromatic carbocycles. The summed E-state index contributed by atoms with van der Waals surface area (Å²) in [6.07, 6.45) is 3.23. The van der Waals surface area contributed by atoms with Gasteiger partial charge in [0.2, 0.25) is 0 Å². The summed E-state index contributed by atoms with van der Waals surface area (Å²) in [5, 5.41) is 30.1. The molecule has 248 valence electrons. The van der Waals surface area contributed by atoms with Crippen LogP contribution in [0.15, 0.2) is 66.7 Å². The summed E-state index contributed by atoms with van der Waals surface area (Å²) in [4.78, 5) is 25.7. The van der Waals surface area contributed by atoms with E-state index in [1.54, 1.807) is 37.4 Å². The van der Waals surface area contributed by atoms with Crippen molar-refractivity contribution in [1.82, 2.24) is 0 Å². The Labute approximate surface area is 276 Å². The van der Waals surface area contributed by atoms with Gasteiger partial charge in [0.05, 0.1) is 43.9 Å². The molecule has 3 heterocycles. The number of Topliss-reactive ketones (excluding diaryl/α,β-unsaturated/α-hetero) is 1. The second-order valence-electron chi connectivity index (χ2n) is 11.8. The summed E-state index contributed by atoms with van der Waals surface area (Å²) >= 11 is 0. The van der Waals surface area contributed by atoms with Gasteiger partial charge in [-0.2, -0.15) is 0 Å². The van der Waals surface area contributed by atoms with E-state index in [1.165, 1.54) is 44.6 Å². The summed E-state index contributed by atoms with van der Waals surface area (Å²) in [6, 6.07) is 15.5. The number of carbonyl (C=O) groups excluding carboxylic acids is 2. The van der Waals surface area contributed by atoms with Gasteiger partial charge in [0.15, 0.2) is 23.1 Å². The number of phenols is 3. The summed E-state index contributed by atoms with van der Waals surface area (Å²) < 4.78 is 33.7. The third-order valence-electron chi connectivity index (χ3n) is 8.31. The van der Waals surface area contributed by atoms with Crippen molar-refractivity contribution < 1.29 is 53.3 Å². The number of aromatic hydroxyl groups is 3. The maximum Gasteiger partial charge on any atom is 0.200 e. The normalized spacial score (nSPS) is 17.7. The zero-order valence-electron chi connectivity index (χ0n) is 26.9. The summed E-state index contributed by atoms with van der Waals surface area (Å²) in [5.74, 6) is 1.07. The van der Waals surface area contributed by atoms with Gasteiger partial charge in [-0.1, -0.05) is 12.1 Å². The van der Waals surface area contributed by atoms with Gasteiger partial charge in [0.1, 0.15) is 64.1 Å². The number of rotatable bonds is 5. The van der Waals surface area contributed by atoms with Gasteiger partial charge in [0, 0.05) is 23.8 Å². The van der Waals surface area contributed by atoms with Crippen LogP contribution in [0.25, 0.3) is 6.08 Å². The highest BCUT2D eigenvalue weighted by Gasteiger charge is 2.46. The van der Waals surface area contributed by atoms with Gasteiger partial charge in [-0.15, -0.1) is 0 Å². The first-order chi connectivity index (χ1) is 23.0. The lowest BCUT2D eigenvalue weighted by Gasteiger charge is -2.39. The van der Waals surface area contributed by atoms with Crippen molar-refractivity contribution in [3.8, 4) is 51.7 Å². The van der Waals surface area contributed by atoms with E-state index in [0.717, 1.165) is 0 Å². The Balaban J connectivity index is 0.000000191. The number of hydrogen-bond donors (Lipinski definition) is 3. The average molecular weight is 655 g/mol. The van der Waals surface area contributed by atoms with Gasteiger partial charge in [-0.05, 0) is 56.3 Å². The second-order valence-corrected chi connectivity index (χ2v) is 11.8. The monoisotopic (exact) mass is 654 g/mol. The van der Waals surface area contributed by atoms with Crippen LogP contribution in [0.5, 0.6) is 51.7 Å². The molecule has 48 heavy (non-hydrogen) atoms. The molecule has 11 nitrogen and oxygen atoms in total. The van der Waals surface area contributed by atoms with E-state index in [2.05, 4.69) is 0 Å². The Bertz CT molecular complexity index is 1960. The number of ketones is 2. The molecule has 4 aromatic rings. The fourth-order valence-electron chi connectivity index (χ4n) is 5.91. The molecular formula is C37H34O11. The molecule has 0 aromatic heterocycles. The SMILES string of the molecule is COc1cc2c(cc1OC)C1C(=O)c3c(O)cc4c(c3OC1CO2)C=CC(C)(C)O4.COc1ccc(C(=O)c2ccccc2O)c(O)c1. The van der Waals surface area contributed by atoms with E-state index in [9.17, 15) is 24.9 Å². The van der Waals surface area contributed by atoms with Crippen molar-refractivity contribution in [2.75, 3.05) is 27.9 Å². The Morgan fingerprint density at radius 3 is 2.23 bits per heavy atom. The minimum absolute atomic E-state index is 0.113. The van der Waals surface area contributed by atoms with Crippen molar-refractivity contribution in [2.45, 2.75) is 31.5 Å². The van der Waals surface area contributed by atoms with Gasteiger partial charge in [0.25, 0.3) is 0 Å². The molecule has 3 aliphatic heterocycles. The molecule has 0 bridgehead atoms. The van der Waals surface area contributed by atoms with E-state index < -0.39 is 23.4 Å². The number of ether oxygens (including phenoxy) is 6. The van der Waals surface area contributed by atoms with E-state index >= 15 is 0 Å². The molecule has 0 saturated heterocycles. The first-order valence-electron chi connectivity index (χ1n) is 15.0. The van der Waals surface area contributed by atoms with Gasteiger partial charge in [-0.3, -0.25) is 9.59 Å². The minimum atomic E-state index is -0.630. The minimum Gasteiger partial charge on any atom is -0.507 e. The molecule has 0 spiro atoms. The highest BCUT2D eigenvalue weighted by Crippen LogP contribution is 2.52. The molecule has 0 radical (unpaired) electrons. The molecule has 0 aliphatic carbocycles. The molecule has 0 fully saturated rings. The predicted molar refractivity (Wildman–Crippen MR) is 175 cm³/mol. The molecule has 0 amide bonds. The highest BCUT2D eigenvalue weighted by atomic mass is 16.5. The topological polar surface area (TPSA) is 150 Å². The number of methoxy groups -OCH3 is 3. The van der Waals surface area contributed by atoms with Crippen LogP contribution in [0.1, 0.15) is 57.2 Å². The lowest BCUT2D eigenvalue weighted by Crippen LogP contribution is -2.43. The van der Waals surface area contributed by atoms with Crippen LogP contribution in [0.2, 0.25) is 0 Å². The molecule has 11 heteroatoms. The van der Waals surface area contributed by atoms with E-state index in [0.29, 0.717) is 45.6 Å². The van der Waals surface area contributed by atoms with Crippen LogP contribution < -0.4 is 28.4 Å². The van der Waals surface area contributed by atoms with Crippen LogP contribution in [0.3, 0.4) is 0 Å². The lowest BCUT2D eigenvalue weighted by molar-refractivity contribution is 0.0547. The fourth-order valence-corrected chi connectivity index (χ4v) is 5.91. The maximum atomic E-state index is 13.6. The summed E-state index contributed by atoms with van der Waals surface area (Å²) in [6.45, 7) is 4.02.